The van der Waals surface area contributed by atoms with Crippen molar-refractivity contribution < 1.29 is 0 Å². The highest BCUT2D eigenvalue weighted by Gasteiger charge is 2.14. The van der Waals surface area contributed by atoms with Crippen molar-refractivity contribution >= 4 is 11.4 Å². The predicted octanol–water partition coefficient (Wildman–Crippen LogP) is 2.68. The molecule has 4 nitrogen and oxygen atoms in total. The van der Waals surface area contributed by atoms with Crippen LogP contribution in [0.2, 0.25) is 0 Å². The maximum atomic E-state index is 4.35. The van der Waals surface area contributed by atoms with Gasteiger partial charge in [-0.3, -0.25) is 4.98 Å². The lowest BCUT2D eigenvalue weighted by atomic mass is 10.2. The molecule has 0 bridgehead atoms. The van der Waals surface area contributed by atoms with E-state index in [1.165, 1.54) is 5.69 Å². The van der Waals surface area contributed by atoms with Gasteiger partial charge in [-0.15, -0.1) is 0 Å². The van der Waals surface area contributed by atoms with E-state index in [0.717, 1.165) is 31.7 Å². The topological polar surface area (TPSA) is 31.4 Å². The third kappa shape index (κ3) is 5.07. The molecule has 1 N–H and O–H groups in total. The third-order valence-electron chi connectivity index (χ3n) is 3.14. The van der Waals surface area contributed by atoms with Gasteiger partial charge in [-0.1, -0.05) is 6.92 Å². The van der Waals surface area contributed by atoms with Gasteiger partial charge in [0.1, 0.15) is 0 Å². The van der Waals surface area contributed by atoms with Gasteiger partial charge in [-0.25, -0.2) is 0 Å². The molecular formula is C15H28N4. The Bertz CT molecular complexity index is 365. The van der Waals surface area contributed by atoms with Crippen molar-refractivity contribution in [3.63, 3.8) is 0 Å². The van der Waals surface area contributed by atoms with Gasteiger partial charge >= 0.3 is 0 Å². The number of rotatable bonds is 8. The Labute approximate surface area is 117 Å². The maximum absolute atomic E-state index is 4.35. The van der Waals surface area contributed by atoms with Crippen LogP contribution in [-0.2, 0) is 0 Å². The highest BCUT2D eigenvalue weighted by molar-refractivity contribution is 5.56. The number of pyridine rings is 1. The van der Waals surface area contributed by atoms with Crippen LogP contribution in [0.1, 0.15) is 27.2 Å². The number of likely N-dealkylation sites (N-methyl/N-ethyl adjacent to an activating group) is 2. The molecular weight excluding hydrogens is 236 g/mol. The molecule has 19 heavy (non-hydrogen) atoms. The first-order valence-electron chi connectivity index (χ1n) is 7.18. The van der Waals surface area contributed by atoms with Crippen LogP contribution in [0.15, 0.2) is 18.5 Å². The zero-order valence-corrected chi connectivity index (χ0v) is 13.0. The highest BCUT2D eigenvalue weighted by atomic mass is 15.2. The Hall–Kier alpha value is -1.29. The van der Waals surface area contributed by atoms with Gasteiger partial charge in [-0.05, 0) is 40.4 Å². The van der Waals surface area contributed by atoms with E-state index in [0.29, 0.717) is 6.04 Å². The van der Waals surface area contributed by atoms with E-state index in [9.17, 15) is 0 Å². The number of aromatic nitrogens is 1. The number of hydrogen-bond acceptors (Lipinski definition) is 4. The highest BCUT2D eigenvalue weighted by Crippen LogP contribution is 2.20. The lowest BCUT2D eigenvalue weighted by Crippen LogP contribution is -2.40. The van der Waals surface area contributed by atoms with Crippen LogP contribution in [0, 0.1) is 0 Å². The van der Waals surface area contributed by atoms with Crippen LogP contribution in [0.25, 0.3) is 0 Å². The molecule has 0 radical (unpaired) electrons. The molecule has 4 heteroatoms. The Balaban J connectivity index is 2.79. The van der Waals surface area contributed by atoms with Gasteiger partial charge in [-0.2, -0.15) is 0 Å². The second kappa shape index (κ2) is 8.00. The Kier molecular flexibility index (Phi) is 6.64. The van der Waals surface area contributed by atoms with Gasteiger partial charge in [0.05, 0.1) is 23.8 Å². The first-order chi connectivity index (χ1) is 9.08. The van der Waals surface area contributed by atoms with Crippen molar-refractivity contribution in [2.45, 2.75) is 33.2 Å². The summed E-state index contributed by atoms with van der Waals surface area (Å²) in [5, 5.41) is 3.39. The quantitative estimate of drug-likeness (QED) is 0.782. The minimum atomic E-state index is 0.475. The number of anilines is 2. The fourth-order valence-electron chi connectivity index (χ4n) is 2.33. The molecule has 0 aliphatic heterocycles. The zero-order chi connectivity index (χ0) is 14.3. The summed E-state index contributed by atoms with van der Waals surface area (Å²) in [6.45, 7) is 9.65. The van der Waals surface area contributed by atoms with Crippen LogP contribution in [0.5, 0.6) is 0 Å². The molecule has 1 heterocycles. The molecule has 1 rings (SSSR count). The van der Waals surface area contributed by atoms with Crippen molar-refractivity contribution in [2.24, 2.45) is 0 Å². The van der Waals surface area contributed by atoms with Crippen molar-refractivity contribution in [2.75, 3.05) is 43.9 Å². The Morgan fingerprint density at radius 3 is 2.58 bits per heavy atom. The summed E-state index contributed by atoms with van der Waals surface area (Å²) in [6.07, 6.45) is 4.97. The first kappa shape index (κ1) is 15.8. The second-order valence-corrected chi connectivity index (χ2v) is 5.26. The molecule has 1 aromatic rings. The van der Waals surface area contributed by atoms with Crippen LogP contribution >= 0.6 is 0 Å². The van der Waals surface area contributed by atoms with E-state index in [1.807, 2.05) is 12.4 Å². The van der Waals surface area contributed by atoms with Crippen molar-refractivity contribution in [1.82, 2.24) is 9.88 Å². The number of nitrogens with zero attached hydrogens (tertiary/aromatic N) is 3. The number of hydrogen-bond donors (Lipinski definition) is 1. The third-order valence-corrected chi connectivity index (χ3v) is 3.14. The fourth-order valence-corrected chi connectivity index (χ4v) is 2.33. The van der Waals surface area contributed by atoms with Gasteiger partial charge in [0.2, 0.25) is 0 Å². The lowest BCUT2D eigenvalue weighted by molar-refractivity contribution is 0.373. The summed E-state index contributed by atoms with van der Waals surface area (Å²) in [4.78, 5) is 8.97. The van der Waals surface area contributed by atoms with E-state index in [-0.39, 0.29) is 0 Å². The minimum absolute atomic E-state index is 0.475. The molecule has 0 saturated carbocycles. The molecule has 108 valence electrons. The standard InChI is InChI=1S/C15H28N4/c1-6-8-17-14-9-15(11-16-10-14)19(7-2)13(3)12-18(4)5/h9-11,13,17H,6-8,12H2,1-5H3. The lowest BCUT2D eigenvalue weighted by Gasteiger charge is -2.32. The largest absolute Gasteiger partial charge is 0.384 e. The van der Waals surface area contributed by atoms with Crippen LogP contribution < -0.4 is 10.2 Å². The molecule has 1 atom stereocenters. The van der Waals surface area contributed by atoms with E-state index >= 15 is 0 Å². The second-order valence-electron chi connectivity index (χ2n) is 5.26. The molecule has 0 fully saturated rings. The van der Waals surface area contributed by atoms with Crippen molar-refractivity contribution in [3.8, 4) is 0 Å². The summed E-state index contributed by atoms with van der Waals surface area (Å²) in [6, 6.07) is 2.67. The fraction of sp³-hybridized carbons (Fsp3) is 0.667. The van der Waals surface area contributed by atoms with Gasteiger partial charge in [0.15, 0.2) is 0 Å². The van der Waals surface area contributed by atoms with E-state index in [2.05, 4.69) is 61.0 Å². The van der Waals surface area contributed by atoms with E-state index in [1.54, 1.807) is 0 Å². The molecule has 0 saturated heterocycles. The summed E-state index contributed by atoms with van der Waals surface area (Å²) < 4.78 is 0. The predicted molar refractivity (Wildman–Crippen MR) is 84.1 cm³/mol. The van der Waals surface area contributed by atoms with E-state index < -0.39 is 0 Å². The first-order valence-corrected chi connectivity index (χ1v) is 7.18. The number of nitrogens with one attached hydrogen (secondary N) is 1. The molecule has 1 unspecified atom stereocenters. The zero-order valence-electron chi connectivity index (χ0n) is 13.0. The summed E-state index contributed by atoms with van der Waals surface area (Å²) in [7, 11) is 4.23. The summed E-state index contributed by atoms with van der Waals surface area (Å²) in [5.41, 5.74) is 2.30. The van der Waals surface area contributed by atoms with E-state index in [4.69, 9.17) is 0 Å². The Morgan fingerprint density at radius 2 is 2.00 bits per heavy atom. The molecule has 0 amide bonds. The molecule has 1 aromatic heterocycles. The molecule has 0 spiro atoms. The summed E-state index contributed by atoms with van der Waals surface area (Å²) in [5.74, 6) is 0. The minimum Gasteiger partial charge on any atom is -0.384 e. The van der Waals surface area contributed by atoms with Gasteiger partial charge in [0, 0.05) is 25.7 Å². The smallest absolute Gasteiger partial charge is 0.0576 e. The van der Waals surface area contributed by atoms with Crippen LogP contribution in [-0.4, -0.2) is 49.7 Å². The van der Waals surface area contributed by atoms with Gasteiger partial charge < -0.3 is 15.1 Å². The van der Waals surface area contributed by atoms with Crippen LogP contribution in [0.3, 0.4) is 0 Å². The average molecular weight is 264 g/mol. The molecule has 0 aliphatic rings. The monoisotopic (exact) mass is 264 g/mol. The molecule has 0 aliphatic carbocycles. The van der Waals surface area contributed by atoms with Crippen LogP contribution in [0.4, 0.5) is 11.4 Å². The summed E-state index contributed by atoms with van der Waals surface area (Å²) >= 11 is 0. The SMILES string of the molecule is CCCNc1cncc(N(CC)C(C)CN(C)C)c1. The normalized spacial score (nSPS) is 12.5. The Morgan fingerprint density at radius 1 is 1.26 bits per heavy atom. The van der Waals surface area contributed by atoms with Crippen molar-refractivity contribution in [3.05, 3.63) is 18.5 Å². The van der Waals surface area contributed by atoms with Crippen molar-refractivity contribution in [1.29, 1.82) is 0 Å². The average Bonchev–Trinajstić information content (AvgIpc) is 2.37. The molecule has 0 aromatic carbocycles. The maximum Gasteiger partial charge on any atom is 0.0576 e. The van der Waals surface area contributed by atoms with Gasteiger partial charge in [0.25, 0.3) is 0 Å².